The number of anilines is 1. The van der Waals surface area contributed by atoms with Gasteiger partial charge in [0.15, 0.2) is 12.4 Å². The van der Waals surface area contributed by atoms with Gasteiger partial charge < -0.3 is 5.48 Å². The average Bonchev–Trinajstić information content (AvgIpc) is 3.28. The first kappa shape index (κ1) is 32.5. The Morgan fingerprint density at radius 1 is 1.31 bits per heavy atom. The van der Waals surface area contributed by atoms with Crippen molar-refractivity contribution in [3.63, 3.8) is 0 Å². The minimum atomic E-state index is -1.73. The van der Waals surface area contributed by atoms with Gasteiger partial charge in [0.05, 0.1) is 0 Å². The van der Waals surface area contributed by atoms with E-state index >= 15 is 0 Å². The second kappa shape index (κ2) is 13.1. The molecule has 2 aromatic heterocycles. The van der Waals surface area contributed by atoms with Crippen LogP contribution < -0.4 is 15.6 Å². The van der Waals surface area contributed by atoms with Crippen molar-refractivity contribution in [2.75, 3.05) is 11.5 Å². The Bertz CT molecular complexity index is 1330. The molecule has 14 nitrogen and oxygen atoms in total. The van der Waals surface area contributed by atoms with Crippen LogP contribution in [-0.4, -0.2) is 122 Å². The molecule has 2 aliphatic heterocycles. The number of nitrogen functional groups attached to an aromatic ring is 1. The number of amides is 2. The number of aromatic nitrogens is 2. The summed E-state index contributed by atoms with van der Waals surface area (Å²) in [6, 6.07) is 4.46. The number of rotatable bonds is 9. The maximum atomic E-state index is 13.1. The number of nitrogens with one attached hydrogen (secondary N) is 1. The average molecular weight is 634 g/mol. The maximum absolute atomic E-state index is 13.1. The monoisotopic (exact) mass is 635 g/mol. The van der Waals surface area contributed by atoms with Crippen molar-refractivity contribution in [3.05, 3.63) is 52.5 Å². The van der Waals surface area contributed by atoms with Crippen LogP contribution in [0.25, 0.3) is 0 Å². The van der Waals surface area contributed by atoms with Crippen molar-refractivity contribution < 1.29 is 44.3 Å². The Balaban J connectivity index is 0.00000267. The number of carbonyl (C=O) groups is 4. The molecule has 0 spiro atoms. The van der Waals surface area contributed by atoms with E-state index in [4.69, 9.17) is 10.6 Å². The second-order valence-corrected chi connectivity index (χ2v) is 11.6. The Morgan fingerprint density at radius 3 is 2.54 bits per heavy atom. The summed E-state index contributed by atoms with van der Waals surface area (Å²) in [7, 11) is 0. The molecule has 2 aromatic rings. The molecule has 2 atom stereocenters. The molecule has 4 heterocycles. The van der Waals surface area contributed by atoms with Gasteiger partial charge in [-0.2, -0.15) is 0 Å². The van der Waals surface area contributed by atoms with Gasteiger partial charge in [-0.25, -0.2) is 0 Å². The fraction of sp³-hybridized carbons (Fsp3) is 0.318. The molecule has 0 aliphatic carbocycles. The molecular formula is C22H24N6NaO8SSe. The number of aliphatic carboxylic acids is 2. The van der Waals surface area contributed by atoms with E-state index in [2.05, 4.69) is 15.5 Å². The summed E-state index contributed by atoms with van der Waals surface area (Å²) in [4.78, 5) is 61.6. The van der Waals surface area contributed by atoms with Crippen LogP contribution in [0.15, 0.2) is 52.0 Å². The van der Waals surface area contributed by atoms with Crippen molar-refractivity contribution in [1.29, 1.82) is 0 Å². The second-order valence-electron chi connectivity index (χ2n) is 8.58. The van der Waals surface area contributed by atoms with Crippen molar-refractivity contribution >= 4 is 90.0 Å². The van der Waals surface area contributed by atoms with Gasteiger partial charge in [-0.15, -0.1) is 0 Å². The molecule has 4 rings (SSSR count). The molecule has 39 heavy (non-hydrogen) atoms. The minimum Gasteiger partial charge on any atom is -0.870 e. The van der Waals surface area contributed by atoms with Gasteiger partial charge in [0.2, 0.25) is 0 Å². The summed E-state index contributed by atoms with van der Waals surface area (Å²) in [6.07, 6.45) is 3.60. The predicted molar refractivity (Wildman–Crippen MR) is 139 cm³/mol. The van der Waals surface area contributed by atoms with Gasteiger partial charge in [0.25, 0.3) is 0 Å². The van der Waals surface area contributed by atoms with Crippen LogP contribution in [0, 0.1) is 0 Å². The number of hydrogen-bond donors (Lipinski definition) is 4. The standard InChI is InChI=1S/C22H22N6O7SSe.Na.H2O/c1-22(2,20(33)34)35-26-13(12-10-37-21(23)24-12)16(29)25-14-17(30)28-15(19(31)32)11(9-36-18(14)28)8-27-6-4-3-5-7-27;;/h3-7,10,14,18H,8-9H2,1-2H3,(H4-,23,24,25,29,31,32,33,34);;1H2/t14-,18-;;/m1../s1. The van der Waals surface area contributed by atoms with Crippen LogP contribution in [0.3, 0.4) is 0 Å². The molecule has 2 amide bonds. The Labute approximate surface area is 254 Å². The molecular weight excluding hydrogens is 610 g/mol. The number of carboxylic acids is 2. The van der Waals surface area contributed by atoms with Gasteiger partial charge >= 0.3 is 190 Å². The van der Waals surface area contributed by atoms with E-state index in [9.17, 15) is 29.4 Å². The number of carboxylic acid groups (broad SMARTS) is 2. The minimum absolute atomic E-state index is 0. The van der Waals surface area contributed by atoms with E-state index < -0.39 is 40.8 Å². The van der Waals surface area contributed by atoms with E-state index in [1.165, 1.54) is 30.5 Å². The first-order chi connectivity index (χ1) is 17.5. The molecule has 1 saturated heterocycles. The molecule has 203 valence electrons. The summed E-state index contributed by atoms with van der Waals surface area (Å²) in [6.45, 7) is 2.82. The van der Waals surface area contributed by atoms with Gasteiger partial charge in [0.1, 0.15) is 0 Å². The van der Waals surface area contributed by atoms with Crippen LogP contribution in [0.1, 0.15) is 19.5 Å². The number of nitrogens with zero attached hydrogens (tertiary/aromatic N) is 4. The fourth-order valence-corrected chi connectivity index (χ4v) is 6.06. The number of nitrogens with two attached hydrogens (primary N) is 1. The number of fused-ring (bicyclic) bond motifs is 1. The third-order valence-electron chi connectivity index (χ3n) is 5.55. The molecule has 0 aromatic carbocycles. The third-order valence-corrected chi connectivity index (χ3v) is 8.30. The number of hydrogen-bond acceptors (Lipinski definition) is 10. The summed E-state index contributed by atoms with van der Waals surface area (Å²) >= 11 is 1.01. The zero-order valence-electron chi connectivity index (χ0n) is 21.1. The van der Waals surface area contributed by atoms with E-state index in [-0.39, 0.29) is 71.3 Å². The topological polar surface area (TPSA) is 218 Å². The summed E-state index contributed by atoms with van der Waals surface area (Å²) in [5, 5.41) is 24.8. The zero-order valence-corrected chi connectivity index (χ0v) is 25.6. The Kier molecular flexibility index (Phi) is 10.9. The fourth-order valence-electron chi connectivity index (χ4n) is 3.57. The quantitative estimate of drug-likeness (QED) is 0.0816. The van der Waals surface area contributed by atoms with Gasteiger partial charge in [-0.3, -0.25) is 0 Å². The predicted octanol–water partition coefficient (Wildman–Crippen LogP) is -1.53. The summed E-state index contributed by atoms with van der Waals surface area (Å²) < 4.78 is 2.10. The van der Waals surface area contributed by atoms with E-state index in [1.54, 1.807) is 17.3 Å². The number of pyridine rings is 1. The largest absolute Gasteiger partial charge is 0.870 e. The van der Waals surface area contributed by atoms with Crippen molar-refractivity contribution in [2.24, 2.45) is 5.16 Å². The number of β-lactam (4-membered cyclic amide) rings is 1. The molecule has 2 aliphatic rings. The van der Waals surface area contributed by atoms with Crippen LogP contribution >= 0.6 is 11.8 Å². The molecule has 0 saturated carbocycles. The molecule has 1 radical (unpaired) electrons. The first-order valence-electron chi connectivity index (χ1n) is 10.9. The Morgan fingerprint density at radius 2 is 1.97 bits per heavy atom. The third kappa shape index (κ3) is 6.89. The van der Waals surface area contributed by atoms with Gasteiger partial charge in [-0.1, -0.05) is 6.07 Å². The van der Waals surface area contributed by atoms with Crippen molar-refractivity contribution in [2.45, 2.75) is 37.4 Å². The zero-order chi connectivity index (χ0) is 26.9. The first-order valence-corrected chi connectivity index (χ1v) is 13.7. The molecule has 6 N–H and O–H groups in total. The smallest absolute Gasteiger partial charge is 0 e. The van der Waals surface area contributed by atoms with Crippen LogP contribution in [0.2, 0.25) is 0 Å². The Hall–Kier alpha value is -2.72. The van der Waals surface area contributed by atoms with Crippen LogP contribution in [0.5, 0.6) is 0 Å². The maximum Gasteiger partial charge on any atom is 0 e. The van der Waals surface area contributed by atoms with Crippen LogP contribution in [0.4, 0.5) is 4.69 Å². The summed E-state index contributed by atoms with van der Waals surface area (Å²) in [5.41, 5.74) is 4.23. The number of carbonyl (C=O) groups excluding carboxylic acids is 2. The van der Waals surface area contributed by atoms with E-state index in [0.717, 1.165) is 0 Å². The number of oxime groups is 1. The van der Waals surface area contributed by atoms with Gasteiger partial charge in [-0.05, 0) is 0 Å². The molecule has 1 fully saturated rings. The van der Waals surface area contributed by atoms with Crippen LogP contribution in [-0.2, 0) is 30.6 Å². The number of thioether (sulfide) groups is 1. The van der Waals surface area contributed by atoms with Crippen molar-refractivity contribution in [3.8, 4) is 0 Å². The van der Waals surface area contributed by atoms with E-state index in [0.29, 0.717) is 17.9 Å². The SMILES string of the molecule is CC(C)(ON=C(C(=O)N[C@@H]1C(=O)N2C(C(=O)O)=C(C[n+]3ccccc3)CS[C@H]12)c1c[se]c(N)n1)C(=O)O.[Na].[OH-]. The molecule has 0 bridgehead atoms. The summed E-state index contributed by atoms with van der Waals surface area (Å²) in [5.74, 6) is -3.60. The molecule has 0 unspecified atom stereocenters. The van der Waals surface area contributed by atoms with Gasteiger partial charge in [0, 0.05) is 41.7 Å². The molecule has 17 heteroatoms. The van der Waals surface area contributed by atoms with E-state index in [1.807, 2.05) is 22.8 Å². The van der Waals surface area contributed by atoms with Crippen molar-refractivity contribution in [1.82, 2.24) is 15.2 Å². The normalized spacial score (nSPS) is 18.7.